The molecule has 134 valence electrons. The van der Waals surface area contributed by atoms with Crippen molar-refractivity contribution in [2.24, 2.45) is 0 Å². The van der Waals surface area contributed by atoms with Crippen LogP contribution in [0.2, 0.25) is 0 Å². The molecule has 1 atom stereocenters. The molecule has 0 radical (unpaired) electrons. The second-order valence-electron chi connectivity index (χ2n) is 5.48. The lowest BCUT2D eigenvalue weighted by atomic mass is 10.2. The van der Waals surface area contributed by atoms with Gasteiger partial charge in [-0.05, 0) is 43.8 Å². The van der Waals surface area contributed by atoms with Gasteiger partial charge in [-0.2, -0.15) is 0 Å². The Morgan fingerprint density at radius 3 is 2.46 bits per heavy atom. The molecule has 1 aliphatic heterocycles. The Labute approximate surface area is 153 Å². The van der Waals surface area contributed by atoms with Gasteiger partial charge in [-0.25, -0.2) is 0 Å². The average molecular weight is 374 g/mol. The Kier molecular flexibility index (Phi) is 8.52. The van der Waals surface area contributed by atoms with Crippen molar-refractivity contribution in [1.29, 1.82) is 0 Å². The minimum absolute atomic E-state index is 0. The van der Waals surface area contributed by atoms with E-state index in [1.54, 1.807) is 23.9 Å². The van der Waals surface area contributed by atoms with E-state index >= 15 is 0 Å². The quantitative estimate of drug-likeness (QED) is 0.516. The number of carbonyl (C=O) groups is 1. The third-order valence-electron chi connectivity index (χ3n) is 4.12. The summed E-state index contributed by atoms with van der Waals surface area (Å²) in [7, 11) is 0. The maximum Gasteiger partial charge on any atom is 0.269 e. The van der Waals surface area contributed by atoms with Crippen molar-refractivity contribution >= 4 is 35.8 Å². The second-order valence-corrected chi connectivity index (χ2v) is 6.55. The van der Waals surface area contributed by atoms with E-state index in [4.69, 9.17) is 0 Å². The summed E-state index contributed by atoms with van der Waals surface area (Å²) in [5.41, 5.74) is 1.03. The molecule has 1 saturated heterocycles. The fourth-order valence-corrected chi connectivity index (χ4v) is 3.96. The van der Waals surface area contributed by atoms with Crippen molar-refractivity contribution in [3.63, 3.8) is 0 Å². The Hall–Kier alpha value is -1.31. The van der Waals surface area contributed by atoms with Gasteiger partial charge in [0.2, 0.25) is 5.91 Å². The second kappa shape index (κ2) is 9.86. The molecule has 0 saturated carbocycles. The largest absolute Gasteiger partial charge is 0.326 e. The molecule has 1 amide bonds. The Morgan fingerprint density at radius 1 is 1.29 bits per heavy atom. The molecule has 0 bridgehead atoms. The number of amides is 1. The molecular formula is C16H24ClN3O3S. The molecule has 8 heteroatoms. The van der Waals surface area contributed by atoms with Crippen molar-refractivity contribution in [3.05, 3.63) is 39.9 Å². The lowest BCUT2D eigenvalue weighted by Gasteiger charge is -2.26. The Bertz CT molecular complexity index is 552. The van der Waals surface area contributed by atoms with E-state index in [2.05, 4.69) is 18.7 Å². The smallest absolute Gasteiger partial charge is 0.269 e. The maximum absolute atomic E-state index is 12.1. The predicted octanol–water partition coefficient (Wildman–Crippen LogP) is 3.32. The molecule has 2 rings (SSSR count). The highest BCUT2D eigenvalue weighted by atomic mass is 35.5. The molecule has 6 nitrogen and oxygen atoms in total. The van der Waals surface area contributed by atoms with Crippen molar-refractivity contribution < 1.29 is 9.72 Å². The monoisotopic (exact) mass is 373 g/mol. The van der Waals surface area contributed by atoms with Crippen LogP contribution in [0.5, 0.6) is 0 Å². The summed E-state index contributed by atoms with van der Waals surface area (Å²) in [5, 5.41) is 10.7. The number of halogens is 1. The van der Waals surface area contributed by atoms with Gasteiger partial charge in [0.05, 0.1) is 10.7 Å². The molecule has 0 N–H and O–H groups in total. The fourth-order valence-electron chi connectivity index (χ4n) is 2.74. The number of rotatable bonds is 8. The molecular weight excluding hydrogens is 350 g/mol. The summed E-state index contributed by atoms with van der Waals surface area (Å²) >= 11 is 1.59. The van der Waals surface area contributed by atoms with Crippen molar-refractivity contribution in [2.45, 2.75) is 25.6 Å². The topological polar surface area (TPSA) is 66.7 Å². The van der Waals surface area contributed by atoms with Crippen molar-refractivity contribution in [2.75, 3.05) is 31.9 Å². The summed E-state index contributed by atoms with van der Waals surface area (Å²) in [5.74, 6) is 0.630. The van der Waals surface area contributed by atoms with E-state index in [1.165, 1.54) is 12.1 Å². The Morgan fingerprint density at radius 2 is 1.92 bits per heavy atom. The molecule has 1 fully saturated rings. The van der Waals surface area contributed by atoms with Gasteiger partial charge in [0.1, 0.15) is 5.37 Å². The summed E-state index contributed by atoms with van der Waals surface area (Å²) in [6.07, 6.45) is 0.942. The van der Waals surface area contributed by atoms with Gasteiger partial charge in [0.15, 0.2) is 0 Å². The first kappa shape index (κ1) is 20.7. The van der Waals surface area contributed by atoms with Crippen molar-refractivity contribution in [3.8, 4) is 0 Å². The van der Waals surface area contributed by atoms with Crippen LogP contribution in [0.1, 0.15) is 31.2 Å². The zero-order valence-corrected chi connectivity index (χ0v) is 15.6. The van der Waals surface area contributed by atoms with Crippen LogP contribution in [0.3, 0.4) is 0 Å². The van der Waals surface area contributed by atoms with E-state index < -0.39 is 4.92 Å². The standard InChI is InChI=1S/C16H23N3O3S.ClH/c1-3-17(4-2)10-5-11-18-15(20)12-23-16(18)13-6-8-14(9-7-13)19(21)22;/h6-9,16H,3-5,10-12H2,1-2H3;1H. The number of non-ortho nitro benzene ring substituents is 1. The van der Waals surface area contributed by atoms with Crippen LogP contribution < -0.4 is 0 Å². The SMILES string of the molecule is CCN(CC)CCCN1C(=O)CSC1c1ccc([N+](=O)[O-])cc1.Cl. The summed E-state index contributed by atoms with van der Waals surface area (Å²) < 4.78 is 0. The lowest BCUT2D eigenvalue weighted by molar-refractivity contribution is -0.384. The van der Waals surface area contributed by atoms with E-state index in [0.29, 0.717) is 5.75 Å². The number of hydrogen-bond donors (Lipinski definition) is 0. The Balaban J connectivity index is 0.00000288. The molecule has 0 spiro atoms. The van der Waals surface area contributed by atoms with Crippen LogP contribution >= 0.6 is 24.2 Å². The minimum atomic E-state index is -0.404. The van der Waals surface area contributed by atoms with Crippen LogP contribution in [0.15, 0.2) is 24.3 Å². The fraction of sp³-hybridized carbons (Fsp3) is 0.562. The number of nitrogens with zero attached hydrogens (tertiary/aromatic N) is 3. The van der Waals surface area contributed by atoms with Crippen LogP contribution in [0.25, 0.3) is 0 Å². The molecule has 1 aromatic carbocycles. The summed E-state index contributed by atoms with van der Waals surface area (Å²) in [6.45, 7) is 8.02. The molecule has 0 aromatic heterocycles. The summed E-state index contributed by atoms with van der Waals surface area (Å²) in [6, 6.07) is 6.52. The third kappa shape index (κ3) is 5.09. The number of thioether (sulfide) groups is 1. The van der Waals surface area contributed by atoms with Gasteiger partial charge >= 0.3 is 0 Å². The minimum Gasteiger partial charge on any atom is -0.326 e. The predicted molar refractivity (Wildman–Crippen MR) is 99.7 cm³/mol. The molecule has 1 heterocycles. The first-order valence-electron chi connectivity index (χ1n) is 7.94. The maximum atomic E-state index is 12.1. The van der Waals surface area contributed by atoms with Gasteiger partial charge in [-0.15, -0.1) is 24.2 Å². The highest BCUT2D eigenvalue weighted by Gasteiger charge is 2.32. The van der Waals surface area contributed by atoms with Crippen molar-refractivity contribution in [1.82, 2.24) is 9.80 Å². The first-order valence-corrected chi connectivity index (χ1v) is 8.99. The molecule has 1 unspecified atom stereocenters. The normalized spacial score (nSPS) is 17.2. The first-order chi connectivity index (χ1) is 11.1. The van der Waals surface area contributed by atoms with Gasteiger partial charge in [-0.3, -0.25) is 14.9 Å². The van der Waals surface area contributed by atoms with E-state index in [1.807, 2.05) is 4.90 Å². The third-order valence-corrected chi connectivity index (χ3v) is 5.38. The number of nitro groups is 1. The highest BCUT2D eigenvalue weighted by molar-refractivity contribution is 8.00. The number of nitro benzene ring substituents is 1. The highest BCUT2D eigenvalue weighted by Crippen LogP contribution is 2.39. The lowest BCUT2D eigenvalue weighted by Crippen LogP contribution is -2.32. The number of benzene rings is 1. The van der Waals surface area contributed by atoms with E-state index in [-0.39, 0.29) is 29.4 Å². The van der Waals surface area contributed by atoms with Crippen LogP contribution in [0.4, 0.5) is 5.69 Å². The zero-order chi connectivity index (χ0) is 16.8. The van der Waals surface area contributed by atoms with Crippen LogP contribution in [-0.4, -0.2) is 52.6 Å². The summed E-state index contributed by atoms with van der Waals surface area (Å²) in [4.78, 5) is 26.7. The van der Waals surface area contributed by atoms with Crippen LogP contribution in [0, 0.1) is 10.1 Å². The molecule has 1 aliphatic rings. The molecule has 0 aliphatic carbocycles. The zero-order valence-electron chi connectivity index (χ0n) is 14.0. The van der Waals surface area contributed by atoms with Gasteiger partial charge in [0.25, 0.3) is 5.69 Å². The molecule has 24 heavy (non-hydrogen) atoms. The van der Waals surface area contributed by atoms with E-state index in [9.17, 15) is 14.9 Å². The number of carbonyl (C=O) groups excluding carboxylic acids is 1. The van der Waals surface area contributed by atoms with E-state index in [0.717, 1.165) is 38.2 Å². The van der Waals surface area contributed by atoms with Gasteiger partial charge in [0, 0.05) is 18.7 Å². The molecule has 1 aromatic rings. The van der Waals surface area contributed by atoms with Gasteiger partial charge < -0.3 is 9.80 Å². The number of hydrogen-bond acceptors (Lipinski definition) is 5. The van der Waals surface area contributed by atoms with Gasteiger partial charge in [-0.1, -0.05) is 13.8 Å². The van der Waals surface area contributed by atoms with Crippen LogP contribution in [-0.2, 0) is 4.79 Å². The average Bonchev–Trinajstić information content (AvgIpc) is 2.92.